The summed E-state index contributed by atoms with van der Waals surface area (Å²) in [6, 6.07) is 2.01. The summed E-state index contributed by atoms with van der Waals surface area (Å²) < 4.78 is 0. The second-order valence-corrected chi connectivity index (χ2v) is 1.79. The molecule has 0 amide bonds. The Kier molecular flexibility index (Phi) is 2.90. The predicted molar refractivity (Wildman–Crippen MR) is 33.0 cm³/mol. The van der Waals surface area contributed by atoms with Crippen molar-refractivity contribution in [1.29, 1.82) is 5.26 Å². The molecule has 0 atom stereocenters. The van der Waals surface area contributed by atoms with Crippen LogP contribution in [0.2, 0.25) is 0 Å². The minimum atomic E-state index is 0.360. The zero-order valence-electron chi connectivity index (χ0n) is 5.23. The number of nitriles is 1. The Balaban J connectivity index is 4.15. The summed E-state index contributed by atoms with van der Waals surface area (Å²) in [6.07, 6.45) is 0. The van der Waals surface area contributed by atoms with Crippen LogP contribution in [0.15, 0.2) is 11.1 Å². The number of hydrogen-bond acceptors (Lipinski definition) is 2. The molecule has 0 aliphatic carbocycles. The van der Waals surface area contributed by atoms with E-state index in [1.807, 2.05) is 19.9 Å². The highest BCUT2D eigenvalue weighted by atomic mass is 14.5. The molecular weight excluding hydrogens is 100 g/mol. The first-order valence-corrected chi connectivity index (χ1v) is 2.49. The molecule has 0 rings (SSSR count). The molecule has 0 bridgehead atoms. The molecule has 2 heteroatoms. The van der Waals surface area contributed by atoms with Crippen LogP contribution in [0.4, 0.5) is 0 Å². The van der Waals surface area contributed by atoms with E-state index in [0.717, 1.165) is 5.57 Å². The molecule has 0 heterocycles. The van der Waals surface area contributed by atoms with Gasteiger partial charge in [0.2, 0.25) is 0 Å². The number of hydrogen-bond donors (Lipinski definition) is 1. The molecule has 0 aromatic carbocycles. The third-order valence-electron chi connectivity index (χ3n) is 0.943. The van der Waals surface area contributed by atoms with E-state index in [1.54, 1.807) is 0 Å². The lowest BCUT2D eigenvalue weighted by molar-refractivity contribution is 1.14. The fourth-order valence-electron chi connectivity index (χ4n) is 0.362. The second kappa shape index (κ2) is 3.23. The minimum Gasteiger partial charge on any atom is -0.326 e. The van der Waals surface area contributed by atoms with Crippen molar-refractivity contribution >= 4 is 0 Å². The highest BCUT2D eigenvalue weighted by Crippen LogP contribution is 1.97. The Morgan fingerprint density at radius 3 is 2.12 bits per heavy atom. The number of nitrogens with two attached hydrogens (primary N) is 1. The maximum absolute atomic E-state index is 8.31. The van der Waals surface area contributed by atoms with Gasteiger partial charge in [0.05, 0.1) is 6.07 Å². The van der Waals surface area contributed by atoms with Gasteiger partial charge in [0.25, 0.3) is 0 Å². The summed E-state index contributed by atoms with van der Waals surface area (Å²) in [4.78, 5) is 0. The molecule has 0 saturated carbocycles. The molecule has 2 N–H and O–H groups in total. The Bertz CT molecular complexity index is 135. The molecule has 0 radical (unpaired) electrons. The number of rotatable bonds is 1. The van der Waals surface area contributed by atoms with Gasteiger partial charge in [-0.05, 0) is 13.8 Å². The smallest absolute Gasteiger partial charge is 0.0960 e. The van der Waals surface area contributed by atoms with Gasteiger partial charge >= 0.3 is 0 Å². The lowest BCUT2D eigenvalue weighted by atomic mass is 10.2. The summed E-state index contributed by atoms with van der Waals surface area (Å²) in [5.41, 5.74) is 6.90. The van der Waals surface area contributed by atoms with Gasteiger partial charge < -0.3 is 5.73 Å². The van der Waals surface area contributed by atoms with Crippen LogP contribution in [0.3, 0.4) is 0 Å². The molecule has 0 aromatic rings. The summed E-state index contributed by atoms with van der Waals surface area (Å²) in [5, 5.41) is 8.31. The first-order valence-electron chi connectivity index (χ1n) is 2.49. The largest absolute Gasteiger partial charge is 0.326 e. The SMILES string of the molecule is CC(C)=C(C#N)CN. The van der Waals surface area contributed by atoms with Crippen LogP contribution in [-0.2, 0) is 0 Å². The lowest BCUT2D eigenvalue weighted by Crippen LogP contribution is -2.02. The van der Waals surface area contributed by atoms with E-state index in [9.17, 15) is 0 Å². The predicted octanol–water partition coefficient (Wildman–Crippen LogP) is 0.805. The van der Waals surface area contributed by atoms with Gasteiger partial charge in [0.15, 0.2) is 0 Å². The van der Waals surface area contributed by atoms with Crippen molar-refractivity contribution in [2.45, 2.75) is 13.8 Å². The van der Waals surface area contributed by atoms with E-state index in [4.69, 9.17) is 11.0 Å². The highest BCUT2D eigenvalue weighted by Gasteiger charge is 1.90. The van der Waals surface area contributed by atoms with Crippen LogP contribution in [0, 0.1) is 11.3 Å². The molecule has 0 saturated heterocycles. The maximum Gasteiger partial charge on any atom is 0.0960 e. The fraction of sp³-hybridized carbons (Fsp3) is 0.500. The van der Waals surface area contributed by atoms with Gasteiger partial charge in [-0.2, -0.15) is 5.26 Å². The number of nitrogens with zero attached hydrogens (tertiary/aromatic N) is 1. The Morgan fingerprint density at radius 2 is 2.12 bits per heavy atom. The molecule has 0 aliphatic rings. The summed E-state index contributed by atoms with van der Waals surface area (Å²) >= 11 is 0. The highest BCUT2D eigenvalue weighted by molar-refractivity contribution is 5.26. The van der Waals surface area contributed by atoms with E-state index in [-0.39, 0.29) is 0 Å². The Morgan fingerprint density at radius 1 is 1.62 bits per heavy atom. The third kappa shape index (κ3) is 1.76. The van der Waals surface area contributed by atoms with E-state index in [0.29, 0.717) is 12.1 Å². The van der Waals surface area contributed by atoms with Crippen molar-refractivity contribution < 1.29 is 0 Å². The molecule has 44 valence electrons. The Labute approximate surface area is 49.6 Å². The zero-order chi connectivity index (χ0) is 6.57. The van der Waals surface area contributed by atoms with Crippen molar-refractivity contribution in [3.05, 3.63) is 11.1 Å². The van der Waals surface area contributed by atoms with E-state index < -0.39 is 0 Å². The van der Waals surface area contributed by atoms with Crippen molar-refractivity contribution in [3.8, 4) is 6.07 Å². The van der Waals surface area contributed by atoms with Gasteiger partial charge in [-0.3, -0.25) is 0 Å². The van der Waals surface area contributed by atoms with E-state index in [2.05, 4.69) is 0 Å². The molecular formula is C6H10N2. The third-order valence-corrected chi connectivity index (χ3v) is 0.943. The van der Waals surface area contributed by atoms with Crippen molar-refractivity contribution in [3.63, 3.8) is 0 Å². The zero-order valence-corrected chi connectivity index (χ0v) is 5.23. The molecule has 0 fully saturated rings. The number of allylic oxidation sites excluding steroid dienone is 1. The molecule has 8 heavy (non-hydrogen) atoms. The van der Waals surface area contributed by atoms with Gasteiger partial charge in [0.1, 0.15) is 0 Å². The van der Waals surface area contributed by atoms with Crippen LogP contribution in [0.25, 0.3) is 0 Å². The summed E-state index contributed by atoms with van der Waals surface area (Å²) in [5.74, 6) is 0. The Hall–Kier alpha value is -0.810. The average Bonchev–Trinajstić information content (AvgIpc) is 1.69. The minimum absolute atomic E-state index is 0.360. The van der Waals surface area contributed by atoms with Gasteiger partial charge in [-0.15, -0.1) is 0 Å². The molecule has 2 nitrogen and oxygen atoms in total. The quantitative estimate of drug-likeness (QED) is 0.508. The molecule has 0 aliphatic heterocycles. The van der Waals surface area contributed by atoms with Crippen LogP contribution >= 0.6 is 0 Å². The summed E-state index contributed by atoms with van der Waals surface area (Å²) in [7, 11) is 0. The second-order valence-electron chi connectivity index (χ2n) is 1.79. The van der Waals surface area contributed by atoms with Gasteiger partial charge in [-0.1, -0.05) is 5.57 Å². The fourth-order valence-corrected chi connectivity index (χ4v) is 0.362. The van der Waals surface area contributed by atoms with Crippen molar-refractivity contribution in [2.24, 2.45) is 5.73 Å². The maximum atomic E-state index is 8.31. The molecule has 0 aromatic heterocycles. The summed E-state index contributed by atoms with van der Waals surface area (Å²) in [6.45, 7) is 4.12. The standard InChI is InChI=1S/C6H10N2/c1-5(2)6(3-7)4-8/h3,7H2,1-2H3. The first-order chi connectivity index (χ1) is 3.72. The lowest BCUT2D eigenvalue weighted by Gasteiger charge is -1.91. The van der Waals surface area contributed by atoms with Crippen molar-refractivity contribution in [2.75, 3.05) is 6.54 Å². The molecule has 0 spiro atoms. The van der Waals surface area contributed by atoms with Crippen molar-refractivity contribution in [1.82, 2.24) is 0 Å². The van der Waals surface area contributed by atoms with Crippen LogP contribution in [0.1, 0.15) is 13.8 Å². The average molecular weight is 110 g/mol. The topological polar surface area (TPSA) is 49.8 Å². The molecule has 0 unspecified atom stereocenters. The van der Waals surface area contributed by atoms with Crippen LogP contribution in [0.5, 0.6) is 0 Å². The van der Waals surface area contributed by atoms with Crippen LogP contribution < -0.4 is 5.73 Å². The first kappa shape index (κ1) is 7.19. The van der Waals surface area contributed by atoms with Gasteiger partial charge in [-0.25, -0.2) is 0 Å². The monoisotopic (exact) mass is 110 g/mol. The van der Waals surface area contributed by atoms with E-state index >= 15 is 0 Å². The normalized spacial score (nSPS) is 7.75. The van der Waals surface area contributed by atoms with Gasteiger partial charge in [0, 0.05) is 12.1 Å². The van der Waals surface area contributed by atoms with E-state index in [1.165, 1.54) is 0 Å². The van der Waals surface area contributed by atoms with Crippen LogP contribution in [-0.4, -0.2) is 6.54 Å².